The van der Waals surface area contributed by atoms with Gasteiger partial charge in [-0.1, -0.05) is 24.3 Å². The first-order chi connectivity index (χ1) is 16.8. The third kappa shape index (κ3) is 5.44. The van der Waals surface area contributed by atoms with Crippen molar-refractivity contribution in [3.05, 3.63) is 88.5 Å². The Morgan fingerprint density at radius 3 is 2.57 bits per heavy atom. The van der Waals surface area contributed by atoms with E-state index in [-0.39, 0.29) is 23.4 Å². The van der Waals surface area contributed by atoms with E-state index in [2.05, 4.69) is 15.4 Å². The number of amides is 1. The molecule has 0 atom stereocenters. The number of hydrogen-bond donors (Lipinski definition) is 1. The fourth-order valence-corrected chi connectivity index (χ4v) is 3.36. The molecule has 0 saturated heterocycles. The molecule has 0 radical (unpaired) electrons. The van der Waals surface area contributed by atoms with Gasteiger partial charge in [-0.15, -0.1) is 5.10 Å². The van der Waals surface area contributed by atoms with E-state index in [0.717, 1.165) is 5.56 Å². The lowest BCUT2D eigenvalue weighted by molar-refractivity contribution is -0.384. The summed E-state index contributed by atoms with van der Waals surface area (Å²) in [6, 6.07) is 20.2. The molecule has 10 heteroatoms. The maximum absolute atomic E-state index is 12.7. The molecule has 0 spiro atoms. The van der Waals surface area contributed by atoms with Crippen LogP contribution in [0.3, 0.4) is 0 Å². The number of methoxy groups -OCH3 is 1. The summed E-state index contributed by atoms with van der Waals surface area (Å²) in [6.45, 7) is 3.77. The van der Waals surface area contributed by atoms with Crippen LogP contribution in [-0.4, -0.2) is 38.8 Å². The van der Waals surface area contributed by atoms with Crippen molar-refractivity contribution < 1.29 is 19.2 Å². The average molecular weight is 473 g/mol. The van der Waals surface area contributed by atoms with E-state index in [0.29, 0.717) is 22.9 Å². The highest BCUT2D eigenvalue weighted by molar-refractivity contribution is 6.04. The Balaban J connectivity index is 1.69. The molecule has 1 aromatic heterocycles. The van der Waals surface area contributed by atoms with Crippen molar-refractivity contribution in [2.24, 2.45) is 0 Å². The summed E-state index contributed by atoms with van der Waals surface area (Å²) in [6.07, 6.45) is -0.121. The number of hydrogen-bond acceptors (Lipinski definition) is 7. The van der Waals surface area contributed by atoms with Gasteiger partial charge >= 0.3 is 6.01 Å². The van der Waals surface area contributed by atoms with Gasteiger partial charge in [-0.25, -0.2) is 4.68 Å². The third-order valence-corrected chi connectivity index (χ3v) is 4.92. The molecule has 1 N–H and O–H groups in total. The second kappa shape index (κ2) is 10.0. The highest BCUT2D eigenvalue weighted by Crippen LogP contribution is 2.28. The van der Waals surface area contributed by atoms with Gasteiger partial charge in [0.25, 0.3) is 11.6 Å². The highest BCUT2D eigenvalue weighted by Gasteiger charge is 2.17. The number of carbonyl (C=O) groups is 1. The molecule has 0 aliphatic rings. The minimum absolute atomic E-state index is 0.121. The van der Waals surface area contributed by atoms with Gasteiger partial charge < -0.3 is 14.8 Å². The summed E-state index contributed by atoms with van der Waals surface area (Å²) in [4.78, 5) is 27.8. The number of carbonyl (C=O) groups excluding carboxylic acids is 1. The Hall–Kier alpha value is -4.73. The summed E-state index contributed by atoms with van der Waals surface area (Å²) in [7, 11) is 1.59. The van der Waals surface area contributed by atoms with Gasteiger partial charge in [0.1, 0.15) is 5.75 Å². The average Bonchev–Trinajstić information content (AvgIpc) is 3.27. The van der Waals surface area contributed by atoms with Crippen LogP contribution in [0.5, 0.6) is 11.8 Å². The summed E-state index contributed by atoms with van der Waals surface area (Å²) >= 11 is 0. The van der Waals surface area contributed by atoms with Crippen LogP contribution in [-0.2, 0) is 0 Å². The lowest BCUT2D eigenvalue weighted by atomic mass is 10.1. The zero-order chi connectivity index (χ0) is 24.9. The second-order valence-corrected chi connectivity index (χ2v) is 7.84. The van der Waals surface area contributed by atoms with E-state index in [1.165, 1.54) is 24.3 Å². The van der Waals surface area contributed by atoms with Gasteiger partial charge in [0.05, 0.1) is 23.8 Å². The SMILES string of the molecule is COc1cccc(-c2nc(OC(C)C)nn2-c2cccc(NC(=O)c3cccc([N+](=O)[O-])c3)c2)c1. The molecule has 0 fully saturated rings. The van der Waals surface area contributed by atoms with Crippen molar-refractivity contribution in [2.45, 2.75) is 20.0 Å². The van der Waals surface area contributed by atoms with E-state index < -0.39 is 10.8 Å². The van der Waals surface area contributed by atoms with Crippen LogP contribution in [0.2, 0.25) is 0 Å². The van der Waals surface area contributed by atoms with Crippen LogP contribution in [0.15, 0.2) is 72.8 Å². The molecule has 1 heterocycles. The largest absolute Gasteiger partial charge is 0.497 e. The molecule has 0 aliphatic carbocycles. The van der Waals surface area contributed by atoms with Crippen LogP contribution >= 0.6 is 0 Å². The molecule has 4 aromatic rings. The Kier molecular flexibility index (Phi) is 6.72. The van der Waals surface area contributed by atoms with E-state index in [9.17, 15) is 14.9 Å². The quantitative estimate of drug-likeness (QED) is 0.286. The van der Waals surface area contributed by atoms with Gasteiger partial charge in [0.2, 0.25) is 0 Å². The fourth-order valence-electron chi connectivity index (χ4n) is 3.36. The van der Waals surface area contributed by atoms with Gasteiger partial charge in [-0.3, -0.25) is 14.9 Å². The van der Waals surface area contributed by atoms with E-state index in [1.807, 2.05) is 44.2 Å². The number of aromatic nitrogens is 3. The Bertz CT molecular complexity index is 1380. The predicted octanol–water partition coefficient (Wildman–Crippen LogP) is 4.89. The zero-order valence-corrected chi connectivity index (χ0v) is 19.3. The van der Waals surface area contributed by atoms with Crippen molar-refractivity contribution in [2.75, 3.05) is 12.4 Å². The third-order valence-electron chi connectivity index (χ3n) is 4.92. The molecule has 35 heavy (non-hydrogen) atoms. The number of nitrogens with one attached hydrogen (secondary N) is 1. The van der Waals surface area contributed by atoms with Crippen LogP contribution in [0.4, 0.5) is 11.4 Å². The number of rotatable bonds is 8. The Morgan fingerprint density at radius 2 is 1.83 bits per heavy atom. The minimum Gasteiger partial charge on any atom is -0.497 e. The van der Waals surface area contributed by atoms with Crippen LogP contribution in [0, 0.1) is 10.1 Å². The van der Waals surface area contributed by atoms with Crippen molar-refractivity contribution in [3.8, 4) is 28.8 Å². The lowest BCUT2D eigenvalue weighted by Gasteiger charge is -2.10. The van der Waals surface area contributed by atoms with Gasteiger partial charge in [0, 0.05) is 28.9 Å². The molecular formula is C25H23N5O5. The van der Waals surface area contributed by atoms with Crippen LogP contribution in [0.1, 0.15) is 24.2 Å². The number of benzene rings is 3. The Labute approximate surface area is 201 Å². The molecule has 4 rings (SSSR count). The molecule has 178 valence electrons. The van der Waals surface area contributed by atoms with Crippen molar-refractivity contribution in [1.29, 1.82) is 0 Å². The number of non-ortho nitro benzene ring substituents is 1. The first kappa shape index (κ1) is 23.4. The maximum atomic E-state index is 12.7. The number of nitrogens with zero attached hydrogens (tertiary/aromatic N) is 4. The lowest BCUT2D eigenvalue weighted by Crippen LogP contribution is -2.12. The number of nitro groups is 1. The molecule has 3 aromatic carbocycles. The van der Waals surface area contributed by atoms with Crippen molar-refractivity contribution in [1.82, 2.24) is 14.8 Å². The zero-order valence-electron chi connectivity index (χ0n) is 19.3. The minimum atomic E-state index is -0.543. The molecule has 1 amide bonds. The van der Waals surface area contributed by atoms with E-state index >= 15 is 0 Å². The summed E-state index contributed by atoms with van der Waals surface area (Å²) < 4.78 is 12.7. The number of ether oxygens (including phenoxy) is 2. The Morgan fingerprint density at radius 1 is 1.06 bits per heavy atom. The first-order valence-electron chi connectivity index (χ1n) is 10.8. The van der Waals surface area contributed by atoms with Gasteiger partial charge in [0.15, 0.2) is 5.82 Å². The molecule has 0 bridgehead atoms. The van der Waals surface area contributed by atoms with Crippen molar-refractivity contribution in [3.63, 3.8) is 0 Å². The smallest absolute Gasteiger partial charge is 0.336 e. The molecule has 0 aliphatic heterocycles. The number of anilines is 1. The molecular weight excluding hydrogens is 450 g/mol. The number of nitro benzene ring substituents is 1. The van der Waals surface area contributed by atoms with E-state index in [1.54, 1.807) is 30.0 Å². The second-order valence-electron chi connectivity index (χ2n) is 7.84. The summed E-state index contributed by atoms with van der Waals surface area (Å²) in [5.41, 5.74) is 1.90. The fraction of sp³-hybridized carbons (Fsp3) is 0.160. The highest BCUT2D eigenvalue weighted by atomic mass is 16.6. The molecule has 0 saturated carbocycles. The summed E-state index contributed by atoms with van der Waals surface area (Å²) in [5, 5.41) is 18.3. The molecule has 0 unspecified atom stereocenters. The van der Waals surface area contributed by atoms with Gasteiger partial charge in [-0.2, -0.15) is 4.98 Å². The van der Waals surface area contributed by atoms with Crippen LogP contribution in [0.25, 0.3) is 17.1 Å². The topological polar surface area (TPSA) is 121 Å². The maximum Gasteiger partial charge on any atom is 0.336 e. The monoisotopic (exact) mass is 473 g/mol. The standard InChI is InChI=1S/C25H23N5O5/c1-16(2)35-25-27-23(17-7-5-12-22(14-17)34-3)29(28-25)20-10-6-9-19(15-20)26-24(31)18-8-4-11-21(13-18)30(32)33/h4-16H,1-3H3,(H,26,31). The normalized spacial score (nSPS) is 10.7. The molecule has 10 nitrogen and oxygen atoms in total. The predicted molar refractivity (Wildman–Crippen MR) is 130 cm³/mol. The summed E-state index contributed by atoms with van der Waals surface area (Å²) in [5.74, 6) is 0.726. The van der Waals surface area contributed by atoms with Crippen molar-refractivity contribution >= 4 is 17.3 Å². The van der Waals surface area contributed by atoms with Gasteiger partial charge in [-0.05, 0) is 50.2 Å². The van der Waals surface area contributed by atoms with Crippen LogP contribution < -0.4 is 14.8 Å². The van der Waals surface area contributed by atoms with E-state index in [4.69, 9.17) is 9.47 Å². The first-order valence-corrected chi connectivity index (χ1v) is 10.8.